The average Bonchev–Trinajstić information content (AvgIpc) is 2.92. The zero-order valence-corrected chi connectivity index (χ0v) is 17.6. The summed E-state index contributed by atoms with van der Waals surface area (Å²) in [4.78, 5) is 14.9. The Morgan fingerprint density at radius 1 is 1.23 bits per heavy atom. The molecule has 0 atom stereocenters. The number of carbonyl (C=O) groups is 1. The van der Waals surface area contributed by atoms with Crippen molar-refractivity contribution in [2.75, 3.05) is 26.6 Å². The molecule has 0 spiro atoms. The van der Waals surface area contributed by atoms with E-state index in [2.05, 4.69) is 5.32 Å². The van der Waals surface area contributed by atoms with E-state index >= 15 is 0 Å². The Kier molecular flexibility index (Phi) is 3.89. The highest BCUT2D eigenvalue weighted by Crippen LogP contribution is 2.19. The van der Waals surface area contributed by atoms with Crippen LogP contribution in [0, 0.1) is 11.7 Å². The number of carbonyl (C=O) groups excluding carboxylic acids is 1. The van der Waals surface area contributed by atoms with E-state index < -0.39 is 111 Å². The van der Waals surface area contributed by atoms with Gasteiger partial charge in [0.15, 0.2) is 0 Å². The Labute approximate surface area is 204 Å². The molecule has 0 unspecified atom stereocenters. The summed E-state index contributed by atoms with van der Waals surface area (Å²) in [5, 5.41) is 2.27. The standard InChI is InChI=1S/C25H34FN3O2/c1-19(2)18-31-24-10-6-20(7-11-24)16-27-25(30)29(23-12-14-28(3)15-13-23)17-21-4-8-22(26)9-5-21/h4-11,19,23H,12-18H2,1-3H3,(H,27,30)/i4D,5D,6D,7D,8D,9D,10D,11D,14D2,15D2,17D2. The second-order valence-electron chi connectivity index (χ2n) is 7.28. The van der Waals surface area contributed by atoms with Crippen LogP contribution in [0.4, 0.5) is 9.18 Å². The molecule has 0 bridgehead atoms. The molecule has 0 aliphatic carbocycles. The largest absolute Gasteiger partial charge is 0.493 e. The molecule has 1 N–H and O–H groups in total. The minimum Gasteiger partial charge on any atom is -0.493 e. The fraction of sp³-hybridized carbons (Fsp3) is 0.480. The van der Waals surface area contributed by atoms with Crippen LogP contribution >= 0.6 is 0 Å². The molecule has 168 valence electrons. The van der Waals surface area contributed by atoms with Gasteiger partial charge in [0, 0.05) is 24.6 Å². The van der Waals surface area contributed by atoms with Gasteiger partial charge in [-0.1, -0.05) is 38.0 Å². The number of likely N-dealkylation sites (tertiary alicyclic amines) is 1. The summed E-state index contributed by atoms with van der Waals surface area (Å²) in [7, 11) is 1.16. The maximum absolute atomic E-state index is 14.3. The molecule has 2 amide bonds. The van der Waals surface area contributed by atoms with Crippen molar-refractivity contribution >= 4 is 6.03 Å². The third-order valence-corrected chi connectivity index (χ3v) is 4.17. The second-order valence-corrected chi connectivity index (χ2v) is 7.28. The Morgan fingerprint density at radius 3 is 2.45 bits per heavy atom. The normalized spacial score (nSPS) is 25.3. The highest BCUT2D eigenvalue weighted by molar-refractivity contribution is 5.74. The molecule has 1 saturated heterocycles. The van der Waals surface area contributed by atoms with Gasteiger partial charge in [0.2, 0.25) is 0 Å². The Morgan fingerprint density at radius 2 is 1.84 bits per heavy atom. The van der Waals surface area contributed by atoms with Crippen LogP contribution in [0.2, 0.25) is 0 Å². The predicted molar refractivity (Wildman–Crippen MR) is 121 cm³/mol. The van der Waals surface area contributed by atoms with Crippen molar-refractivity contribution in [3.8, 4) is 5.75 Å². The van der Waals surface area contributed by atoms with E-state index in [1.165, 1.54) is 0 Å². The molecule has 31 heavy (non-hydrogen) atoms. The predicted octanol–water partition coefficient (Wildman–Crippen LogP) is 4.67. The monoisotopic (exact) mass is 441 g/mol. The first-order valence-corrected chi connectivity index (χ1v) is 9.78. The zero-order valence-electron chi connectivity index (χ0n) is 31.6. The van der Waals surface area contributed by atoms with Gasteiger partial charge in [0.05, 0.1) is 20.3 Å². The highest BCUT2D eigenvalue weighted by atomic mass is 19.1. The molecule has 1 heterocycles. The molecule has 1 aliphatic rings. The molecule has 1 aliphatic heterocycles. The summed E-state index contributed by atoms with van der Waals surface area (Å²) in [6.45, 7) is -5.15. The summed E-state index contributed by atoms with van der Waals surface area (Å²) in [6, 6.07) is -9.88. The summed E-state index contributed by atoms with van der Waals surface area (Å²) >= 11 is 0. The lowest BCUT2D eigenvalue weighted by Crippen LogP contribution is -2.49. The van der Waals surface area contributed by atoms with Crippen molar-refractivity contribution in [3.63, 3.8) is 0 Å². The van der Waals surface area contributed by atoms with Gasteiger partial charge in [-0.3, -0.25) is 0 Å². The lowest BCUT2D eigenvalue weighted by molar-refractivity contribution is 0.127. The Hall–Kier alpha value is -2.60. The van der Waals surface area contributed by atoms with Gasteiger partial charge in [0.1, 0.15) is 11.6 Å². The second kappa shape index (κ2) is 11.1. The number of ether oxygens (including phenoxy) is 1. The van der Waals surface area contributed by atoms with Gasteiger partial charge < -0.3 is 19.9 Å². The SMILES string of the molecule is [2H]c1c([2H])c(C([2H])([2H])N(C(=O)NCc2c([2H])c([2H])c(OCC(C)C)c([2H])c2[2H])C2CC([2H])([2H])N(C)C([2H])([2H])C2)c([2H])c([2H])c1F. The van der Waals surface area contributed by atoms with Crippen molar-refractivity contribution in [1.82, 2.24) is 15.1 Å². The van der Waals surface area contributed by atoms with Gasteiger partial charge in [-0.25, -0.2) is 9.18 Å². The molecule has 1 fully saturated rings. The minimum absolute atomic E-state index is 0.0101. The van der Waals surface area contributed by atoms with E-state index in [0.29, 0.717) is 4.90 Å². The fourth-order valence-corrected chi connectivity index (χ4v) is 2.56. The van der Waals surface area contributed by atoms with Crippen LogP contribution in [0.5, 0.6) is 5.75 Å². The summed E-state index contributed by atoms with van der Waals surface area (Å²) in [6.07, 6.45) is -1.33. The van der Waals surface area contributed by atoms with Crippen LogP contribution in [0.1, 0.15) is 57.0 Å². The number of nitrogens with zero attached hydrogens (tertiary/aromatic N) is 2. The molecular formula is C25H34FN3O2. The number of urea groups is 1. The van der Waals surface area contributed by atoms with Gasteiger partial charge >= 0.3 is 6.03 Å². The third kappa shape index (κ3) is 7.24. The first kappa shape index (κ1) is 10.8. The van der Waals surface area contributed by atoms with Crippen molar-refractivity contribution in [1.29, 1.82) is 0 Å². The minimum atomic E-state index is -3.31. The number of piperidine rings is 1. The van der Waals surface area contributed by atoms with Gasteiger partial charge in [0.25, 0.3) is 0 Å². The van der Waals surface area contributed by atoms with Crippen LogP contribution in [-0.2, 0) is 13.0 Å². The summed E-state index contributed by atoms with van der Waals surface area (Å²) in [5.74, 6) is -1.85. The molecule has 0 aromatic heterocycles. The highest BCUT2D eigenvalue weighted by Gasteiger charge is 2.27. The number of benzene rings is 2. The topological polar surface area (TPSA) is 44.8 Å². The molecular weight excluding hydrogens is 393 g/mol. The molecule has 0 saturated carbocycles. The quantitative estimate of drug-likeness (QED) is 0.648. The third-order valence-electron chi connectivity index (χ3n) is 4.17. The summed E-state index contributed by atoms with van der Waals surface area (Å²) in [5.41, 5.74) is -1.36. The fourth-order valence-electron chi connectivity index (χ4n) is 2.56. The lowest BCUT2D eigenvalue weighted by Gasteiger charge is -2.37. The number of amides is 2. The van der Waals surface area contributed by atoms with Gasteiger partial charge in [-0.05, 0) is 74.1 Å². The van der Waals surface area contributed by atoms with Crippen molar-refractivity contribution in [2.24, 2.45) is 5.92 Å². The number of nitrogens with one attached hydrogen (secondary N) is 1. The lowest BCUT2D eigenvalue weighted by atomic mass is 10.0. The van der Waals surface area contributed by atoms with Gasteiger partial charge in [-0.15, -0.1) is 0 Å². The molecule has 2 aromatic carbocycles. The van der Waals surface area contributed by atoms with E-state index in [4.69, 9.17) is 23.9 Å². The smallest absolute Gasteiger partial charge is 0.318 e. The number of hydrogen-bond acceptors (Lipinski definition) is 3. The molecule has 6 heteroatoms. The van der Waals surface area contributed by atoms with E-state index in [9.17, 15) is 9.18 Å². The van der Waals surface area contributed by atoms with E-state index in [0.717, 1.165) is 11.9 Å². The molecule has 3 rings (SSSR count). The Balaban J connectivity index is 2.13. The van der Waals surface area contributed by atoms with Crippen LogP contribution in [0.15, 0.2) is 48.3 Å². The number of hydrogen-bond donors (Lipinski definition) is 1. The van der Waals surface area contributed by atoms with E-state index in [1.54, 1.807) is 0 Å². The zero-order chi connectivity index (χ0) is 34.6. The van der Waals surface area contributed by atoms with Crippen LogP contribution in [0.25, 0.3) is 0 Å². The van der Waals surface area contributed by atoms with E-state index in [1.807, 2.05) is 13.8 Å². The van der Waals surface area contributed by atoms with Crippen LogP contribution < -0.4 is 10.1 Å². The van der Waals surface area contributed by atoms with Crippen LogP contribution in [0.3, 0.4) is 0 Å². The van der Waals surface area contributed by atoms with Gasteiger partial charge in [-0.2, -0.15) is 0 Å². The molecule has 5 nitrogen and oxygen atoms in total. The Bertz CT molecular complexity index is 1410. The van der Waals surface area contributed by atoms with Crippen molar-refractivity contribution in [2.45, 2.75) is 45.8 Å². The number of halogens is 1. The average molecular weight is 442 g/mol. The maximum atomic E-state index is 14.3. The van der Waals surface area contributed by atoms with Crippen molar-refractivity contribution in [3.05, 3.63) is 65.3 Å². The molecule has 0 radical (unpaired) electrons. The van der Waals surface area contributed by atoms with Crippen molar-refractivity contribution < 1.29 is 33.1 Å². The summed E-state index contributed by atoms with van der Waals surface area (Å²) < 4.78 is 136. The number of rotatable bonds is 8. The van der Waals surface area contributed by atoms with Crippen LogP contribution in [-0.4, -0.2) is 48.5 Å². The first-order chi connectivity index (χ1) is 20.5. The van der Waals surface area contributed by atoms with E-state index in [-0.39, 0.29) is 23.8 Å². The molecule has 2 aromatic rings. The maximum Gasteiger partial charge on any atom is 0.318 e. The first-order valence-electron chi connectivity index (χ1n) is 16.8.